The van der Waals surface area contributed by atoms with Gasteiger partial charge in [-0.05, 0) is 64.7 Å². The van der Waals surface area contributed by atoms with E-state index in [1.807, 2.05) is 128 Å². The molecule has 6 aromatic carbocycles. The highest BCUT2D eigenvalue weighted by molar-refractivity contribution is 5.82. The SMILES string of the molecule is c1ccc(-c2ccc(-c3ccc(-c4cc(-c5ccc(-c6ccccn6)cc5)cc(-c5nc(-c6ccccc6)nc(-c6ccccc6)n5)c4)cc3)nn2)cc1. The van der Waals surface area contributed by atoms with Gasteiger partial charge in [0.2, 0.25) is 0 Å². The van der Waals surface area contributed by atoms with Crippen molar-refractivity contribution in [2.45, 2.75) is 0 Å². The van der Waals surface area contributed by atoms with Crippen molar-refractivity contribution in [2.24, 2.45) is 0 Å². The molecule has 254 valence electrons. The van der Waals surface area contributed by atoms with Gasteiger partial charge in [-0.25, -0.2) is 15.0 Å². The van der Waals surface area contributed by atoms with E-state index in [2.05, 4.69) is 81.9 Å². The highest BCUT2D eigenvalue weighted by atomic mass is 15.1. The molecule has 0 aliphatic rings. The molecule has 0 saturated heterocycles. The van der Waals surface area contributed by atoms with E-state index in [-0.39, 0.29) is 0 Å². The van der Waals surface area contributed by atoms with Crippen molar-refractivity contribution >= 4 is 0 Å². The highest BCUT2D eigenvalue weighted by Crippen LogP contribution is 2.35. The van der Waals surface area contributed by atoms with Crippen molar-refractivity contribution < 1.29 is 0 Å². The Morgan fingerprint density at radius 3 is 1.06 bits per heavy atom. The zero-order chi connectivity index (χ0) is 36.1. The van der Waals surface area contributed by atoms with Crippen molar-refractivity contribution in [1.29, 1.82) is 0 Å². The van der Waals surface area contributed by atoms with Crippen LogP contribution in [0, 0.1) is 0 Å². The van der Waals surface area contributed by atoms with Crippen LogP contribution in [-0.4, -0.2) is 30.1 Å². The maximum absolute atomic E-state index is 5.06. The van der Waals surface area contributed by atoms with Crippen LogP contribution >= 0.6 is 0 Å². The van der Waals surface area contributed by atoms with E-state index in [4.69, 9.17) is 15.0 Å². The van der Waals surface area contributed by atoms with E-state index in [9.17, 15) is 0 Å². The smallest absolute Gasteiger partial charge is 0.164 e. The van der Waals surface area contributed by atoms with E-state index in [1.54, 1.807) is 0 Å². The molecular weight excluding hydrogens is 661 g/mol. The third-order valence-corrected chi connectivity index (χ3v) is 9.32. The Hall–Kier alpha value is -7.44. The minimum Gasteiger partial charge on any atom is -0.256 e. The summed E-state index contributed by atoms with van der Waals surface area (Å²) < 4.78 is 0. The first-order valence-electron chi connectivity index (χ1n) is 17.8. The van der Waals surface area contributed by atoms with E-state index in [0.29, 0.717) is 17.5 Å². The summed E-state index contributed by atoms with van der Waals surface area (Å²) in [7, 11) is 0. The van der Waals surface area contributed by atoms with Crippen molar-refractivity contribution in [3.63, 3.8) is 0 Å². The zero-order valence-corrected chi connectivity index (χ0v) is 29.2. The molecular formula is C48H32N6. The monoisotopic (exact) mass is 692 g/mol. The van der Waals surface area contributed by atoms with Gasteiger partial charge in [-0.1, -0.05) is 146 Å². The van der Waals surface area contributed by atoms with Gasteiger partial charge in [0.05, 0.1) is 17.1 Å². The predicted octanol–water partition coefficient (Wildman–Crippen LogP) is 11.4. The number of hydrogen-bond donors (Lipinski definition) is 0. The quantitative estimate of drug-likeness (QED) is 0.158. The molecule has 9 aromatic rings. The van der Waals surface area contributed by atoms with Crippen LogP contribution in [0.5, 0.6) is 0 Å². The van der Waals surface area contributed by atoms with Crippen LogP contribution in [0.15, 0.2) is 194 Å². The third-order valence-electron chi connectivity index (χ3n) is 9.32. The summed E-state index contributed by atoms with van der Waals surface area (Å²) in [6.07, 6.45) is 1.82. The van der Waals surface area contributed by atoms with Gasteiger partial charge in [-0.2, -0.15) is 0 Å². The number of hydrogen-bond acceptors (Lipinski definition) is 6. The molecule has 0 N–H and O–H groups in total. The fourth-order valence-electron chi connectivity index (χ4n) is 6.48. The Morgan fingerprint density at radius 1 is 0.241 bits per heavy atom. The summed E-state index contributed by atoms with van der Waals surface area (Å²) in [5.74, 6) is 1.84. The van der Waals surface area contributed by atoms with E-state index < -0.39 is 0 Å². The van der Waals surface area contributed by atoms with Crippen LogP contribution in [0.4, 0.5) is 0 Å². The Labute approximate surface area is 313 Å². The first-order chi connectivity index (χ1) is 26.7. The minimum absolute atomic E-state index is 0.598. The second kappa shape index (κ2) is 14.7. The number of nitrogens with zero attached hydrogens (tertiary/aromatic N) is 6. The lowest BCUT2D eigenvalue weighted by atomic mass is 9.94. The van der Waals surface area contributed by atoms with Crippen LogP contribution in [0.3, 0.4) is 0 Å². The highest BCUT2D eigenvalue weighted by Gasteiger charge is 2.15. The first kappa shape index (κ1) is 32.5. The van der Waals surface area contributed by atoms with Crippen molar-refractivity contribution in [1.82, 2.24) is 30.1 Å². The van der Waals surface area contributed by atoms with Crippen molar-refractivity contribution in [3.8, 4) is 90.2 Å². The summed E-state index contributed by atoms with van der Waals surface area (Å²) in [5, 5.41) is 9.06. The predicted molar refractivity (Wildman–Crippen MR) is 217 cm³/mol. The summed E-state index contributed by atoms with van der Waals surface area (Å²) in [4.78, 5) is 19.6. The molecule has 6 heteroatoms. The second-order valence-electron chi connectivity index (χ2n) is 12.9. The van der Waals surface area contributed by atoms with E-state index >= 15 is 0 Å². The Kier molecular flexibility index (Phi) is 8.81. The molecule has 0 fully saturated rings. The van der Waals surface area contributed by atoms with Gasteiger partial charge in [-0.15, -0.1) is 10.2 Å². The lowest BCUT2D eigenvalue weighted by molar-refractivity contribution is 1.04. The van der Waals surface area contributed by atoms with Gasteiger partial charge >= 0.3 is 0 Å². The molecule has 0 amide bonds. The molecule has 3 heterocycles. The molecule has 3 aromatic heterocycles. The number of pyridine rings is 1. The van der Waals surface area contributed by atoms with E-state index in [0.717, 1.165) is 72.7 Å². The molecule has 9 rings (SSSR count). The van der Waals surface area contributed by atoms with Gasteiger partial charge in [-0.3, -0.25) is 4.98 Å². The molecule has 0 aliphatic carbocycles. The fourth-order valence-corrected chi connectivity index (χ4v) is 6.48. The lowest BCUT2D eigenvalue weighted by Crippen LogP contribution is -2.00. The Morgan fingerprint density at radius 2 is 0.611 bits per heavy atom. The maximum Gasteiger partial charge on any atom is 0.164 e. The largest absolute Gasteiger partial charge is 0.256 e. The maximum atomic E-state index is 5.06. The molecule has 0 atom stereocenters. The summed E-state index contributed by atoms with van der Waals surface area (Å²) in [5.41, 5.74) is 12.6. The standard InChI is InChI=1S/C48H32N6/c1-4-12-35(13-5-1)44-27-28-45(54-53-44)37-25-21-34(22-26-37)41-30-40(33-19-23-36(24-20-33)43-18-10-11-29-49-43)31-42(32-41)48-51-46(38-14-6-2-7-15-38)50-47(52-48)39-16-8-3-9-17-39/h1-32H. The van der Waals surface area contributed by atoms with Gasteiger partial charge in [0.15, 0.2) is 17.5 Å². The molecule has 0 radical (unpaired) electrons. The van der Waals surface area contributed by atoms with E-state index in [1.165, 1.54) is 0 Å². The van der Waals surface area contributed by atoms with Crippen LogP contribution in [-0.2, 0) is 0 Å². The molecule has 6 nitrogen and oxygen atoms in total. The summed E-state index contributed by atoms with van der Waals surface area (Å²) in [6.45, 7) is 0. The number of aromatic nitrogens is 6. The molecule has 0 bridgehead atoms. The molecule has 0 aliphatic heterocycles. The van der Waals surface area contributed by atoms with Crippen molar-refractivity contribution in [3.05, 3.63) is 194 Å². The molecule has 0 saturated carbocycles. The second-order valence-corrected chi connectivity index (χ2v) is 12.9. The average molecular weight is 693 g/mol. The first-order valence-corrected chi connectivity index (χ1v) is 17.8. The number of rotatable bonds is 8. The zero-order valence-electron chi connectivity index (χ0n) is 29.2. The average Bonchev–Trinajstić information content (AvgIpc) is 3.27. The Balaban J connectivity index is 1.14. The summed E-state index contributed by atoms with van der Waals surface area (Å²) >= 11 is 0. The normalized spacial score (nSPS) is 11.0. The fraction of sp³-hybridized carbons (Fsp3) is 0. The molecule has 0 unspecified atom stereocenters. The molecule has 0 spiro atoms. The van der Waals surface area contributed by atoms with Crippen LogP contribution in [0.2, 0.25) is 0 Å². The van der Waals surface area contributed by atoms with Gasteiger partial charge in [0.25, 0.3) is 0 Å². The van der Waals surface area contributed by atoms with Crippen LogP contribution in [0.25, 0.3) is 90.2 Å². The minimum atomic E-state index is 0.598. The van der Waals surface area contributed by atoms with Gasteiger partial charge in [0, 0.05) is 39.6 Å². The van der Waals surface area contributed by atoms with Crippen LogP contribution < -0.4 is 0 Å². The molecule has 54 heavy (non-hydrogen) atoms. The topological polar surface area (TPSA) is 77.3 Å². The van der Waals surface area contributed by atoms with Crippen molar-refractivity contribution in [2.75, 3.05) is 0 Å². The van der Waals surface area contributed by atoms with Gasteiger partial charge in [0.1, 0.15) is 0 Å². The summed E-state index contributed by atoms with van der Waals surface area (Å²) in [6, 6.07) is 63.7. The number of benzene rings is 6. The van der Waals surface area contributed by atoms with Crippen LogP contribution in [0.1, 0.15) is 0 Å². The lowest BCUT2D eigenvalue weighted by Gasteiger charge is -2.13. The Bertz CT molecular complexity index is 2590. The third kappa shape index (κ3) is 6.92. The van der Waals surface area contributed by atoms with Gasteiger partial charge < -0.3 is 0 Å².